The summed E-state index contributed by atoms with van der Waals surface area (Å²) in [6.07, 6.45) is 8.18. The van der Waals surface area contributed by atoms with Crippen molar-refractivity contribution in [3.05, 3.63) is 76.3 Å². The number of nitrogens with one attached hydrogen (secondary N) is 1. The van der Waals surface area contributed by atoms with Gasteiger partial charge in [-0.25, -0.2) is 0 Å². The van der Waals surface area contributed by atoms with Gasteiger partial charge in [-0.2, -0.15) is 5.26 Å². The Balaban J connectivity index is 3.07. The second-order valence-corrected chi connectivity index (χ2v) is 6.08. The molecule has 25 heavy (non-hydrogen) atoms. The number of hydrogen-bond acceptors (Lipinski definition) is 2. The van der Waals surface area contributed by atoms with Crippen LogP contribution in [-0.2, 0) is 4.79 Å². The highest BCUT2D eigenvalue weighted by molar-refractivity contribution is 6.42. The maximum Gasteiger partial charge on any atom is 0.262 e. The van der Waals surface area contributed by atoms with Gasteiger partial charge in [-0.1, -0.05) is 74.0 Å². The van der Waals surface area contributed by atoms with Crippen LogP contribution in [0.3, 0.4) is 0 Å². The maximum absolute atomic E-state index is 12.5. The molecular weight excluding hydrogens is 355 g/mol. The third-order valence-electron chi connectivity index (χ3n) is 3.45. The molecule has 0 aliphatic carbocycles. The topological polar surface area (TPSA) is 52.9 Å². The fourth-order valence-electron chi connectivity index (χ4n) is 2.23. The van der Waals surface area contributed by atoms with Gasteiger partial charge in [0.2, 0.25) is 0 Å². The molecule has 1 rings (SSSR count). The molecule has 1 atom stereocenters. The number of halogens is 2. The lowest BCUT2D eigenvalue weighted by atomic mass is 10.0. The standard InChI is InChI=1S/C20H20Cl2N2O/c1-4-7-15(6-3)19(8-5-2)24-20(25)16(13-23)11-14-9-10-17(21)18(22)12-14/h4,6-7,9-12,19H,1,3,5,8H2,2H3,(H,24,25)/b15-7+,16-11+/t19-/m0/s1. The molecule has 3 nitrogen and oxygen atoms in total. The van der Waals surface area contributed by atoms with Gasteiger partial charge in [0, 0.05) is 0 Å². The van der Waals surface area contributed by atoms with E-state index in [0.29, 0.717) is 15.6 Å². The Morgan fingerprint density at radius 1 is 1.36 bits per heavy atom. The summed E-state index contributed by atoms with van der Waals surface area (Å²) in [5, 5.41) is 13.0. The predicted octanol–water partition coefficient (Wildman–Crippen LogP) is 5.48. The average molecular weight is 375 g/mol. The third-order valence-corrected chi connectivity index (χ3v) is 4.19. The summed E-state index contributed by atoms with van der Waals surface area (Å²) in [5.74, 6) is -0.455. The van der Waals surface area contributed by atoms with Gasteiger partial charge in [0.05, 0.1) is 16.1 Å². The van der Waals surface area contributed by atoms with Crippen molar-refractivity contribution in [1.29, 1.82) is 5.26 Å². The Bertz CT molecular complexity index is 757. The fraction of sp³-hybridized carbons (Fsp3) is 0.200. The van der Waals surface area contributed by atoms with Crippen molar-refractivity contribution in [2.24, 2.45) is 0 Å². The number of amides is 1. The molecule has 0 aliphatic rings. The molecule has 0 saturated heterocycles. The molecule has 0 unspecified atom stereocenters. The minimum Gasteiger partial charge on any atom is -0.345 e. The van der Waals surface area contributed by atoms with Crippen LogP contribution in [0.5, 0.6) is 0 Å². The van der Waals surface area contributed by atoms with Crippen LogP contribution in [0.2, 0.25) is 10.0 Å². The van der Waals surface area contributed by atoms with E-state index in [1.165, 1.54) is 6.08 Å². The highest BCUT2D eigenvalue weighted by Crippen LogP contribution is 2.23. The third kappa shape index (κ3) is 6.26. The molecule has 1 N–H and O–H groups in total. The van der Waals surface area contributed by atoms with E-state index in [1.54, 1.807) is 36.4 Å². The molecule has 1 aromatic carbocycles. The van der Waals surface area contributed by atoms with Crippen LogP contribution in [0.25, 0.3) is 6.08 Å². The molecule has 0 aliphatic heterocycles. The Morgan fingerprint density at radius 2 is 2.08 bits per heavy atom. The van der Waals surface area contributed by atoms with Crippen LogP contribution < -0.4 is 5.32 Å². The van der Waals surface area contributed by atoms with E-state index in [0.717, 1.165) is 18.4 Å². The fourth-order valence-corrected chi connectivity index (χ4v) is 2.53. The number of hydrogen-bond donors (Lipinski definition) is 1. The number of benzene rings is 1. The number of nitriles is 1. The quantitative estimate of drug-likeness (QED) is 0.371. The first kappa shape index (κ1) is 20.8. The van der Waals surface area contributed by atoms with Crippen molar-refractivity contribution in [1.82, 2.24) is 5.32 Å². The van der Waals surface area contributed by atoms with E-state index in [4.69, 9.17) is 23.2 Å². The van der Waals surface area contributed by atoms with Crippen molar-refractivity contribution in [2.45, 2.75) is 25.8 Å². The van der Waals surface area contributed by atoms with Crippen molar-refractivity contribution >= 4 is 35.2 Å². The van der Waals surface area contributed by atoms with Crippen LogP contribution in [0.4, 0.5) is 0 Å². The summed E-state index contributed by atoms with van der Waals surface area (Å²) in [7, 11) is 0. The van der Waals surface area contributed by atoms with Gasteiger partial charge in [-0.15, -0.1) is 0 Å². The molecule has 130 valence electrons. The zero-order chi connectivity index (χ0) is 18.8. The van der Waals surface area contributed by atoms with Gasteiger partial charge in [-0.05, 0) is 35.8 Å². The highest BCUT2D eigenvalue weighted by atomic mass is 35.5. The van der Waals surface area contributed by atoms with Crippen LogP contribution in [0.15, 0.2) is 60.7 Å². The normalized spacial score (nSPS) is 12.9. The van der Waals surface area contributed by atoms with Crippen LogP contribution in [-0.4, -0.2) is 11.9 Å². The average Bonchev–Trinajstić information content (AvgIpc) is 2.60. The van der Waals surface area contributed by atoms with Crippen molar-refractivity contribution in [2.75, 3.05) is 0 Å². The molecule has 0 saturated carbocycles. The molecule has 0 fully saturated rings. The molecule has 5 heteroatoms. The number of carbonyl (C=O) groups excluding carboxylic acids is 1. The zero-order valence-corrected chi connectivity index (χ0v) is 15.6. The van der Waals surface area contributed by atoms with Crippen LogP contribution >= 0.6 is 23.2 Å². The first-order valence-corrected chi connectivity index (χ1v) is 8.55. The Labute approximate surface area is 158 Å². The lowest BCUT2D eigenvalue weighted by molar-refractivity contribution is -0.117. The van der Waals surface area contributed by atoms with E-state index in [-0.39, 0.29) is 11.6 Å². The van der Waals surface area contributed by atoms with E-state index < -0.39 is 5.91 Å². The van der Waals surface area contributed by atoms with Crippen LogP contribution in [0.1, 0.15) is 25.3 Å². The molecule has 0 aromatic heterocycles. The lowest BCUT2D eigenvalue weighted by Gasteiger charge is -2.19. The molecule has 1 amide bonds. The monoisotopic (exact) mass is 374 g/mol. The Kier molecular flexibility index (Phi) is 8.77. The first-order chi connectivity index (χ1) is 12.0. The Morgan fingerprint density at radius 3 is 2.60 bits per heavy atom. The summed E-state index contributed by atoms with van der Waals surface area (Å²) in [6.45, 7) is 9.45. The van der Waals surface area contributed by atoms with Crippen LogP contribution in [0, 0.1) is 11.3 Å². The second-order valence-electron chi connectivity index (χ2n) is 5.26. The van der Waals surface area contributed by atoms with Gasteiger partial charge >= 0.3 is 0 Å². The molecular formula is C20H20Cl2N2O. The van der Waals surface area contributed by atoms with Gasteiger partial charge < -0.3 is 5.32 Å². The maximum atomic E-state index is 12.5. The summed E-state index contributed by atoms with van der Waals surface area (Å²) in [4.78, 5) is 12.5. The zero-order valence-electron chi connectivity index (χ0n) is 14.1. The van der Waals surface area contributed by atoms with Gasteiger partial charge in [0.25, 0.3) is 5.91 Å². The molecule has 1 aromatic rings. The minimum absolute atomic E-state index is 0.0125. The van der Waals surface area contributed by atoms with E-state index in [9.17, 15) is 10.1 Å². The highest BCUT2D eigenvalue weighted by Gasteiger charge is 2.17. The number of rotatable bonds is 8. The predicted molar refractivity (Wildman–Crippen MR) is 105 cm³/mol. The Hall–Kier alpha value is -2.28. The molecule has 0 bridgehead atoms. The second kappa shape index (κ2) is 10.6. The molecule has 0 spiro atoms. The summed E-state index contributed by atoms with van der Waals surface area (Å²) in [5.41, 5.74) is 1.46. The number of carbonyl (C=O) groups is 1. The largest absolute Gasteiger partial charge is 0.345 e. The summed E-state index contributed by atoms with van der Waals surface area (Å²) in [6, 6.07) is 6.60. The van der Waals surface area contributed by atoms with Crippen molar-refractivity contribution in [3.8, 4) is 6.07 Å². The first-order valence-electron chi connectivity index (χ1n) is 7.79. The number of nitrogens with zero attached hydrogens (tertiary/aromatic N) is 1. The van der Waals surface area contributed by atoms with Gasteiger partial charge in [-0.3, -0.25) is 4.79 Å². The van der Waals surface area contributed by atoms with E-state index in [1.807, 2.05) is 13.0 Å². The van der Waals surface area contributed by atoms with E-state index in [2.05, 4.69) is 18.5 Å². The van der Waals surface area contributed by atoms with Gasteiger partial charge in [0.1, 0.15) is 11.6 Å². The SMILES string of the molecule is C=C/C=C(\C=C)[C@H](CCC)NC(=O)/C(C#N)=C/c1ccc(Cl)c(Cl)c1. The number of allylic oxidation sites excluding steroid dienone is 2. The summed E-state index contributed by atoms with van der Waals surface area (Å²) < 4.78 is 0. The summed E-state index contributed by atoms with van der Waals surface area (Å²) >= 11 is 11.8. The van der Waals surface area contributed by atoms with Crippen molar-refractivity contribution in [3.63, 3.8) is 0 Å². The minimum atomic E-state index is -0.455. The van der Waals surface area contributed by atoms with Gasteiger partial charge in [0.15, 0.2) is 0 Å². The lowest BCUT2D eigenvalue weighted by Crippen LogP contribution is -2.36. The molecule has 0 heterocycles. The van der Waals surface area contributed by atoms with E-state index >= 15 is 0 Å². The smallest absolute Gasteiger partial charge is 0.262 e. The van der Waals surface area contributed by atoms with Crippen molar-refractivity contribution < 1.29 is 4.79 Å². The molecule has 0 radical (unpaired) electrons.